The number of anilines is 2. The van der Waals surface area contributed by atoms with Gasteiger partial charge in [0.25, 0.3) is 0 Å². The van der Waals surface area contributed by atoms with Crippen molar-refractivity contribution in [1.82, 2.24) is 9.88 Å². The summed E-state index contributed by atoms with van der Waals surface area (Å²) in [5.41, 5.74) is 0. The molecule has 0 bridgehead atoms. The number of pyridine rings is 1. The number of piperazine rings is 1. The number of aromatic nitrogens is 1. The third kappa shape index (κ3) is 2.75. The third-order valence-corrected chi connectivity index (χ3v) is 4.57. The first-order valence-corrected chi connectivity index (χ1v) is 7.99. The second kappa shape index (κ2) is 6.00. The highest BCUT2D eigenvalue weighted by Crippen LogP contribution is 2.27. The van der Waals surface area contributed by atoms with Gasteiger partial charge in [-0.1, -0.05) is 12.5 Å². The first-order chi connectivity index (χ1) is 9.78. The van der Waals surface area contributed by atoms with Gasteiger partial charge >= 0.3 is 0 Å². The lowest BCUT2D eigenvalue weighted by molar-refractivity contribution is 0.115. The quantitative estimate of drug-likeness (QED) is 0.918. The molecule has 0 saturated carbocycles. The molecule has 20 heavy (non-hydrogen) atoms. The van der Waals surface area contributed by atoms with E-state index in [1.165, 1.54) is 32.4 Å². The van der Waals surface area contributed by atoms with Crippen molar-refractivity contribution in [3.63, 3.8) is 0 Å². The highest BCUT2D eigenvalue weighted by atomic mass is 15.3. The molecule has 2 atom stereocenters. The van der Waals surface area contributed by atoms with Crippen molar-refractivity contribution in [2.75, 3.05) is 36.4 Å². The minimum absolute atomic E-state index is 0.550. The Morgan fingerprint density at radius 2 is 2.20 bits per heavy atom. The first kappa shape index (κ1) is 13.7. The smallest absolute Gasteiger partial charge is 0.131 e. The van der Waals surface area contributed by atoms with Crippen molar-refractivity contribution >= 4 is 11.6 Å². The van der Waals surface area contributed by atoms with Crippen LogP contribution in [-0.2, 0) is 0 Å². The molecule has 2 saturated heterocycles. The molecule has 0 aliphatic carbocycles. The number of rotatable bonds is 3. The highest BCUT2D eigenvalue weighted by Gasteiger charge is 2.33. The summed E-state index contributed by atoms with van der Waals surface area (Å²) in [5, 5.41) is 3.31. The molecule has 2 aliphatic heterocycles. The first-order valence-electron chi connectivity index (χ1n) is 7.99. The molecule has 1 N–H and O–H groups in total. The Kier molecular flexibility index (Phi) is 4.10. The summed E-state index contributed by atoms with van der Waals surface area (Å²) in [7, 11) is 0. The lowest BCUT2D eigenvalue weighted by Gasteiger charge is -2.48. The number of piperidine rings is 1. The summed E-state index contributed by atoms with van der Waals surface area (Å²) in [6.07, 6.45) is 4.10. The van der Waals surface area contributed by atoms with Crippen LogP contribution in [0.3, 0.4) is 0 Å². The van der Waals surface area contributed by atoms with Gasteiger partial charge in [-0.05, 0) is 45.4 Å². The minimum atomic E-state index is 0.550. The molecule has 2 fully saturated rings. The van der Waals surface area contributed by atoms with Crippen molar-refractivity contribution in [3.05, 3.63) is 18.2 Å². The van der Waals surface area contributed by atoms with Crippen LogP contribution in [0.4, 0.5) is 11.6 Å². The fourth-order valence-corrected chi connectivity index (χ4v) is 3.53. The maximum Gasteiger partial charge on any atom is 0.131 e. The van der Waals surface area contributed by atoms with Gasteiger partial charge in [-0.3, -0.25) is 4.90 Å². The molecule has 4 heteroatoms. The lowest BCUT2D eigenvalue weighted by atomic mass is 9.97. The van der Waals surface area contributed by atoms with E-state index < -0.39 is 0 Å². The van der Waals surface area contributed by atoms with Crippen LogP contribution in [0.2, 0.25) is 0 Å². The van der Waals surface area contributed by atoms with E-state index in [1.807, 2.05) is 0 Å². The summed E-state index contributed by atoms with van der Waals surface area (Å²) >= 11 is 0. The summed E-state index contributed by atoms with van der Waals surface area (Å²) in [6, 6.07) is 7.59. The summed E-state index contributed by atoms with van der Waals surface area (Å²) in [5.74, 6) is 2.12. The molecular weight excluding hydrogens is 248 g/mol. The molecule has 4 nitrogen and oxygen atoms in total. The van der Waals surface area contributed by atoms with Gasteiger partial charge in [-0.2, -0.15) is 0 Å². The van der Waals surface area contributed by atoms with Gasteiger partial charge in [0.05, 0.1) is 0 Å². The molecular formula is C16H26N4. The predicted octanol–water partition coefficient (Wildman–Crippen LogP) is 2.58. The number of fused-ring (bicyclic) bond motifs is 1. The Hall–Kier alpha value is -1.29. The second-order valence-electron chi connectivity index (χ2n) is 6.06. The van der Waals surface area contributed by atoms with Crippen LogP contribution in [0.5, 0.6) is 0 Å². The molecule has 1 aromatic rings. The number of nitrogens with zero attached hydrogens (tertiary/aromatic N) is 3. The van der Waals surface area contributed by atoms with Crippen molar-refractivity contribution in [1.29, 1.82) is 0 Å². The van der Waals surface area contributed by atoms with Crippen LogP contribution in [0.25, 0.3) is 0 Å². The average Bonchev–Trinajstić information content (AvgIpc) is 2.47. The Morgan fingerprint density at radius 1 is 1.30 bits per heavy atom. The fourth-order valence-electron chi connectivity index (χ4n) is 3.53. The number of hydrogen-bond donors (Lipinski definition) is 1. The molecule has 3 rings (SSSR count). The van der Waals surface area contributed by atoms with E-state index in [-0.39, 0.29) is 0 Å². The van der Waals surface area contributed by atoms with Gasteiger partial charge in [0.15, 0.2) is 0 Å². The zero-order chi connectivity index (χ0) is 13.9. The third-order valence-electron chi connectivity index (χ3n) is 4.57. The second-order valence-corrected chi connectivity index (χ2v) is 6.06. The number of hydrogen-bond acceptors (Lipinski definition) is 4. The van der Waals surface area contributed by atoms with Gasteiger partial charge in [0.1, 0.15) is 11.6 Å². The van der Waals surface area contributed by atoms with Crippen molar-refractivity contribution in [2.45, 2.75) is 45.2 Å². The topological polar surface area (TPSA) is 31.4 Å². The molecule has 0 radical (unpaired) electrons. The monoisotopic (exact) mass is 274 g/mol. The van der Waals surface area contributed by atoms with Crippen LogP contribution < -0.4 is 10.2 Å². The standard InChI is InChI=1S/C16H26N4/c1-3-17-15-8-6-9-16(18-15)20-12-14-7-4-5-10-19(14)11-13(20)2/h6,8-9,13-14H,3-5,7,10-12H2,1-2H3,(H,17,18). The Bertz CT molecular complexity index is 448. The number of nitrogens with one attached hydrogen (secondary N) is 1. The molecule has 110 valence electrons. The van der Waals surface area contributed by atoms with Gasteiger partial charge < -0.3 is 10.2 Å². The molecule has 0 aromatic carbocycles. The van der Waals surface area contributed by atoms with E-state index in [0.717, 1.165) is 30.8 Å². The van der Waals surface area contributed by atoms with E-state index in [0.29, 0.717) is 6.04 Å². The fraction of sp³-hybridized carbons (Fsp3) is 0.688. The summed E-state index contributed by atoms with van der Waals surface area (Å²) < 4.78 is 0. The van der Waals surface area contributed by atoms with Gasteiger partial charge in [-0.15, -0.1) is 0 Å². The maximum atomic E-state index is 4.77. The highest BCUT2D eigenvalue weighted by molar-refractivity contribution is 5.48. The van der Waals surface area contributed by atoms with Crippen molar-refractivity contribution in [2.24, 2.45) is 0 Å². The van der Waals surface area contributed by atoms with Crippen LogP contribution >= 0.6 is 0 Å². The molecule has 3 heterocycles. The molecule has 2 aliphatic rings. The minimum Gasteiger partial charge on any atom is -0.370 e. The van der Waals surface area contributed by atoms with E-state index in [2.05, 4.69) is 47.2 Å². The van der Waals surface area contributed by atoms with Crippen molar-refractivity contribution in [3.8, 4) is 0 Å². The van der Waals surface area contributed by atoms with E-state index in [4.69, 9.17) is 4.98 Å². The molecule has 1 aromatic heterocycles. The Balaban J connectivity index is 1.76. The Morgan fingerprint density at radius 3 is 3.05 bits per heavy atom. The summed E-state index contributed by atoms with van der Waals surface area (Å²) in [4.78, 5) is 9.94. The van der Waals surface area contributed by atoms with Crippen molar-refractivity contribution < 1.29 is 0 Å². The molecule has 2 unspecified atom stereocenters. The molecule has 0 spiro atoms. The molecule has 0 amide bonds. The zero-order valence-corrected chi connectivity index (χ0v) is 12.7. The maximum absolute atomic E-state index is 4.77. The van der Waals surface area contributed by atoms with Gasteiger partial charge in [0, 0.05) is 31.7 Å². The van der Waals surface area contributed by atoms with Gasteiger partial charge in [-0.25, -0.2) is 4.98 Å². The van der Waals surface area contributed by atoms with Crippen LogP contribution in [0.1, 0.15) is 33.1 Å². The van der Waals surface area contributed by atoms with Crippen LogP contribution in [0.15, 0.2) is 18.2 Å². The van der Waals surface area contributed by atoms with Crippen LogP contribution in [0, 0.1) is 0 Å². The lowest BCUT2D eigenvalue weighted by Crippen LogP contribution is -2.59. The zero-order valence-electron chi connectivity index (χ0n) is 12.7. The normalized spacial score (nSPS) is 27.2. The van der Waals surface area contributed by atoms with E-state index in [9.17, 15) is 0 Å². The summed E-state index contributed by atoms with van der Waals surface area (Å²) in [6.45, 7) is 8.95. The predicted molar refractivity (Wildman–Crippen MR) is 84.4 cm³/mol. The largest absolute Gasteiger partial charge is 0.370 e. The van der Waals surface area contributed by atoms with E-state index in [1.54, 1.807) is 0 Å². The van der Waals surface area contributed by atoms with Crippen LogP contribution in [-0.4, -0.2) is 48.1 Å². The van der Waals surface area contributed by atoms with E-state index >= 15 is 0 Å². The van der Waals surface area contributed by atoms with Gasteiger partial charge in [0.2, 0.25) is 0 Å². The Labute approximate surface area is 122 Å². The SMILES string of the molecule is CCNc1cccc(N2CC3CCCCN3CC2C)n1. The average molecular weight is 274 g/mol.